The Morgan fingerprint density at radius 3 is 2.53 bits per heavy atom. The number of anilines is 1. The zero-order valence-electron chi connectivity index (χ0n) is 24.9. The smallest absolute Gasteiger partial charge is 0.237 e. The Kier molecular flexibility index (Phi) is 7.76. The number of nitrogens with one attached hydrogen (secondary N) is 2. The third kappa shape index (κ3) is 6.03. The summed E-state index contributed by atoms with van der Waals surface area (Å²) >= 11 is 1.63. The zero-order chi connectivity index (χ0) is 31.0. The molecule has 3 aromatic carbocycles. The lowest BCUT2D eigenvalue weighted by atomic mass is 9.88. The van der Waals surface area contributed by atoms with Gasteiger partial charge in [-0.05, 0) is 79.9 Å². The molecule has 2 aromatic heterocycles. The third-order valence-corrected chi connectivity index (χ3v) is 9.72. The molecule has 5 aromatic rings. The van der Waals surface area contributed by atoms with Crippen molar-refractivity contribution in [3.05, 3.63) is 95.8 Å². The Hall–Kier alpha value is -4.67. The number of likely N-dealkylation sites (tertiary alicyclic amines) is 1. The minimum atomic E-state index is -0.620. The highest BCUT2D eigenvalue weighted by Gasteiger charge is 2.41. The number of H-pyrrole nitrogens is 1. The van der Waals surface area contributed by atoms with Crippen LogP contribution >= 0.6 is 11.3 Å². The summed E-state index contributed by atoms with van der Waals surface area (Å²) in [5, 5.41) is 14.3. The van der Waals surface area contributed by atoms with Gasteiger partial charge in [0.05, 0.1) is 23.2 Å². The number of hydrogen-bond acceptors (Lipinski definition) is 6. The van der Waals surface area contributed by atoms with Crippen LogP contribution in [0.4, 0.5) is 10.1 Å². The van der Waals surface area contributed by atoms with Gasteiger partial charge in [-0.3, -0.25) is 19.6 Å². The number of nitrogens with zero attached hydrogens (tertiary/aromatic N) is 4. The standard InChI is InChI=1S/C35H33FN6O2S/c1-35(34(44)38-28-10-11-30-29(20-28)32(40-39-30)25-6-8-27(36)9-7-25)14-18-41(22-35)21-31(43)42-16-12-24(13-17-42)23-2-4-26(5-3-23)33-37-15-19-45-33/h2-12,15,19-20H,13-14,16-18,21-22H2,1H3,(H,38,44)(H,39,40)/t35-/m1/s1. The monoisotopic (exact) mass is 620 g/mol. The molecule has 228 valence electrons. The molecule has 7 rings (SSSR count). The van der Waals surface area contributed by atoms with E-state index in [1.165, 1.54) is 23.3 Å². The van der Waals surface area contributed by atoms with Crippen LogP contribution in [-0.4, -0.2) is 69.5 Å². The van der Waals surface area contributed by atoms with Gasteiger partial charge in [-0.1, -0.05) is 30.3 Å². The number of amides is 2. The second kappa shape index (κ2) is 12.0. The first-order chi connectivity index (χ1) is 21.8. The number of halogens is 1. The van der Waals surface area contributed by atoms with Gasteiger partial charge >= 0.3 is 0 Å². The molecule has 45 heavy (non-hydrogen) atoms. The second-order valence-electron chi connectivity index (χ2n) is 12.0. The van der Waals surface area contributed by atoms with Crippen LogP contribution < -0.4 is 5.32 Å². The number of aromatic amines is 1. The van der Waals surface area contributed by atoms with Crippen LogP contribution in [0.3, 0.4) is 0 Å². The summed E-state index contributed by atoms with van der Waals surface area (Å²) in [5.74, 6) is -0.290. The van der Waals surface area contributed by atoms with E-state index in [2.05, 4.69) is 55.7 Å². The van der Waals surface area contributed by atoms with Gasteiger partial charge in [0.25, 0.3) is 0 Å². The third-order valence-electron chi connectivity index (χ3n) is 8.89. The lowest BCUT2D eigenvalue weighted by molar-refractivity contribution is -0.132. The number of benzene rings is 3. The average molecular weight is 621 g/mol. The summed E-state index contributed by atoms with van der Waals surface area (Å²) in [6.07, 6.45) is 5.45. The summed E-state index contributed by atoms with van der Waals surface area (Å²) in [6, 6.07) is 20.3. The largest absolute Gasteiger partial charge is 0.338 e. The Morgan fingerprint density at radius 1 is 1.02 bits per heavy atom. The number of carbonyl (C=O) groups is 2. The summed E-state index contributed by atoms with van der Waals surface area (Å²) in [5.41, 5.74) is 5.91. The van der Waals surface area contributed by atoms with E-state index < -0.39 is 5.41 Å². The molecular weight excluding hydrogens is 587 g/mol. The molecule has 2 amide bonds. The van der Waals surface area contributed by atoms with Crippen LogP contribution in [0.15, 0.2) is 84.4 Å². The summed E-state index contributed by atoms with van der Waals surface area (Å²) in [6.45, 7) is 4.73. The second-order valence-corrected chi connectivity index (χ2v) is 12.9. The average Bonchev–Trinajstić information content (AvgIpc) is 3.83. The summed E-state index contributed by atoms with van der Waals surface area (Å²) < 4.78 is 13.4. The van der Waals surface area contributed by atoms with Gasteiger partial charge in [-0.2, -0.15) is 5.10 Å². The fourth-order valence-corrected chi connectivity index (χ4v) is 6.86. The molecule has 10 heteroatoms. The van der Waals surface area contributed by atoms with Crippen molar-refractivity contribution < 1.29 is 14.0 Å². The van der Waals surface area contributed by atoms with Gasteiger partial charge in [-0.15, -0.1) is 11.3 Å². The van der Waals surface area contributed by atoms with Crippen LogP contribution in [0, 0.1) is 11.2 Å². The van der Waals surface area contributed by atoms with E-state index in [0.29, 0.717) is 50.5 Å². The van der Waals surface area contributed by atoms with Crippen molar-refractivity contribution in [2.45, 2.75) is 19.8 Å². The molecule has 0 radical (unpaired) electrons. The fourth-order valence-electron chi connectivity index (χ4n) is 6.22. The molecule has 4 heterocycles. The van der Waals surface area contributed by atoms with Crippen molar-refractivity contribution in [2.75, 3.05) is 38.0 Å². The van der Waals surface area contributed by atoms with Crippen molar-refractivity contribution >= 4 is 45.3 Å². The molecule has 0 spiro atoms. The lowest BCUT2D eigenvalue weighted by Gasteiger charge is -2.29. The van der Waals surface area contributed by atoms with Crippen LogP contribution in [-0.2, 0) is 9.59 Å². The van der Waals surface area contributed by atoms with Gasteiger partial charge in [0, 0.05) is 53.4 Å². The van der Waals surface area contributed by atoms with Gasteiger partial charge in [0.1, 0.15) is 10.8 Å². The predicted octanol–water partition coefficient (Wildman–Crippen LogP) is 6.46. The van der Waals surface area contributed by atoms with Crippen LogP contribution in [0.2, 0.25) is 0 Å². The molecule has 1 atom stereocenters. The molecular formula is C35H33FN6O2S. The topological polar surface area (TPSA) is 94.2 Å². The maximum absolute atomic E-state index is 13.5. The van der Waals surface area contributed by atoms with Crippen LogP contribution in [0.1, 0.15) is 25.3 Å². The number of aromatic nitrogens is 3. The SMILES string of the molecule is C[C@@]1(C(=O)Nc2ccc3[nH]nc(-c4ccc(F)cc4)c3c2)CCN(CC(=O)N2CC=C(c3ccc(-c4nccs4)cc3)CC2)C1. The van der Waals surface area contributed by atoms with E-state index in [-0.39, 0.29) is 17.6 Å². The van der Waals surface area contributed by atoms with Crippen molar-refractivity contribution in [1.29, 1.82) is 0 Å². The first-order valence-electron chi connectivity index (χ1n) is 15.1. The van der Waals surface area contributed by atoms with Crippen molar-refractivity contribution in [2.24, 2.45) is 5.41 Å². The Bertz CT molecular complexity index is 1880. The normalized spacial score (nSPS) is 18.7. The van der Waals surface area contributed by atoms with Gasteiger partial charge in [0.15, 0.2) is 0 Å². The maximum Gasteiger partial charge on any atom is 0.237 e. The van der Waals surface area contributed by atoms with Crippen molar-refractivity contribution in [1.82, 2.24) is 25.0 Å². The van der Waals surface area contributed by atoms with Crippen LogP contribution in [0.5, 0.6) is 0 Å². The minimum Gasteiger partial charge on any atom is -0.338 e. The number of rotatable bonds is 7. The van der Waals surface area contributed by atoms with E-state index in [1.54, 1.807) is 23.5 Å². The summed E-state index contributed by atoms with van der Waals surface area (Å²) in [7, 11) is 0. The quantitative estimate of drug-likeness (QED) is 0.218. The molecule has 0 aliphatic carbocycles. The van der Waals surface area contributed by atoms with Gasteiger partial charge in [-0.25, -0.2) is 9.37 Å². The molecule has 1 fully saturated rings. The minimum absolute atomic E-state index is 0.0740. The number of hydrogen-bond donors (Lipinski definition) is 2. The van der Waals surface area contributed by atoms with E-state index in [0.717, 1.165) is 33.5 Å². The Labute approximate surface area is 264 Å². The lowest BCUT2D eigenvalue weighted by Crippen LogP contribution is -2.43. The summed E-state index contributed by atoms with van der Waals surface area (Å²) in [4.78, 5) is 35.1. The molecule has 0 unspecified atom stereocenters. The van der Waals surface area contributed by atoms with E-state index in [1.807, 2.05) is 41.6 Å². The van der Waals surface area contributed by atoms with Gasteiger partial charge in [0.2, 0.25) is 11.8 Å². The Balaban J connectivity index is 0.946. The number of carbonyl (C=O) groups excluding carboxylic acids is 2. The Morgan fingerprint density at radius 2 is 1.80 bits per heavy atom. The van der Waals surface area contributed by atoms with Crippen LogP contribution in [0.25, 0.3) is 38.3 Å². The molecule has 1 saturated heterocycles. The first-order valence-corrected chi connectivity index (χ1v) is 16.0. The van der Waals surface area contributed by atoms with Gasteiger partial charge < -0.3 is 10.2 Å². The fraction of sp³-hybridized carbons (Fsp3) is 0.257. The molecule has 2 N–H and O–H groups in total. The molecule has 2 aliphatic rings. The highest BCUT2D eigenvalue weighted by molar-refractivity contribution is 7.13. The van der Waals surface area contributed by atoms with Crippen molar-refractivity contribution in [3.8, 4) is 21.8 Å². The predicted molar refractivity (Wildman–Crippen MR) is 176 cm³/mol. The molecule has 8 nitrogen and oxygen atoms in total. The maximum atomic E-state index is 13.5. The highest BCUT2D eigenvalue weighted by Crippen LogP contribution is 2.34. The first kappa shape index (κ1) is 29.1. The van der Waals surface area contributed by atoms with E-state index in [9.17, 15) is 14.0 Å². The van der Waals surface area contributed by atoms with E-state index >= 15 is 0 Å². The zero-order valence-corrected chi connectivity index (χ0v) is 25.7. The number of fused-ring (bicyclic) bond motifs is 1. The van der Waals surface area contributed by atoms with Crippen molar-refractivity contribution in [3.63, 3.8) is 0 Å². The molecule has 0 bridgehead atoms. The highest BCUT2D eigenvalue weighted by atomic mass is 32.1. The molecule has 0 saturated carbocycles. The van der Waals surface area contributed by atoms with E-state index in [4.69, 9.17) is 0 Å². The molecule has 2 aliphatic heterocycles. The number of thiazole rings is 1.